The van der Waals surface area contributed by atoms with Gasteiger partial charge in [0, 0.05) is 4.88 Å². The van der Waals surface area contributed by atoms with E-state index >= 15 is 0 Å². The van der Waals surface area contributed by atoms with Gasteiger partial charge in [-0.05, 0) is 19.3 Å². The van der Waals surface area contributed by atoms with E-state index in [1.165, 1.54) is 18.4 Å². The molecule has 0 spiro atoms. The van der Waals surface area contributed by atoms with Crippen molar-refractivity contribution in [2.24, 2.45) is 5.92 Å². The van der Waals surface area contributed by atoms with Crippen molar-refractivity contribution >= 4 is 22.4 Å². The van der Waals surface area contributed by atoms with Crippen molar-refractivity contribution < 1.29 is 9.53 Å². The largest absolute Gasteiger partial charge is 0.469 e. The number of nitrogen functional groups attached to an aromatic ring is 1. The fraction of sp³-hybridized carbons (Fsp3) is 0.556. The van der Waals surface area contributed by atoms with Gasteiger partial charge in [0.25, 0.3) is 0 Å². The molecular formula is C9H12N2O2S. The van der Waals surface area contributed by atoms with Crippen LogP contribution in [0.2, 0.25) is 0 Å². The minimum atomic E-state index is -0.123. The first-order chi connectivity index (χ1) is 6.70. The van der Waals surface area contributed by atoms with Gasteiger partial charge in [-0.25, -0.2) is 4.98 Å². The summed E-state index contributed by atoms with van der Waals surface area (Å²) in [6.45, 7) is 0. The van der Waals surface area contributed by atoms with Crippen LogP contribution in [-0.4, -0.2) is 18.1 Å². The second-order valence-electron chi connectivity index (χ2n) is 3.38. The molecule has 2 rings (SSSR count). The monoisotopic (exact) mass is 212 g/mol. The first-order valence-corrected chi connectivity index (χ1v) is 5.34. The Bertz CT molecular complexity index is 362. The summed E-state index contributed by atoms with van der Waals surface area (Å²) in [6.07, 6.45) is 2.39. The Morgan fingerprint density at radius 1 is 1.71 bits per heavy atom. The standard InChI is InChI=1S/C9H12N2O2S/c1-13-8(12)5-2-3-6-7(4-5)14-9(10)11-6/h5H,2-4H2,1H3,(H2,10,11)/t5-/m0/s1. The molecule has 5 heteroatoms. The van der Waals surface area contributed by atoms with Crippen molar-refractivity contribution in [2.75, 3.05) is 12.8 Å². The van der Waals surface area contributed by atoms with Gasteiger partial charge in [-0.2, -0.15) is 0 Å². The maximum atomic E-state index is 11.3. The molecule has 1 heterocycles. The molecule has 0 bridgehead atoms. The summed E-state index contributed by atoms with van der Waals surface area (Å²) in [6, 6.07) is 0. The number of thiazole rings is 1. The van der Waals surface area contributed by atoms with Crippen molar-refractivity contribution in [3.05, 3.63) is 10.6 Å². The molecule has 1 aliphatic carbocycles. The van der Waals surface area contributed by atoms with Gasteiger partial charge in [0.15, 0.2) is 5.13 Å². The molecule has 0 aromatic carbocycles. The summed E-state index contributed by atoms with van der Waals surface area (Å²) in [4.78, 5) is 16.7. The lowest BCUT2D eigenvalue weighted by Crippen LogP contribution is -2.22. The van der Waals surface area contributed by atoms with Crippen LogP contribution in [0.3, 0.4) is 0 Å². The number of aryl methyl sites for hydroxylation is 1. The van der Waals surface area contributed by atoms with Gasteiger partial charge in [-0.3, -0.25) is 4.79 Å². The summed E-state index contributed by atoms with van der Waals surface area (Å²) < 4.78 is 4.73. The van der Waals surface area contributed by atoms with Crippen LogP contribution in [0.1, 0.15) is 17.0 Å². The first kappa shape index (κ1) is 9.45. The molecule has 4 nitrogen and oxygen atoms in total. The van der Waals surface area contributed by atoms with E-state index < -0.39 is 0 Å². The second kappa shape index (κ2) is 3.57. The Morgan fingerprint density at radius 2 is 2.50 bits per heavy atom. The van der Waals surface area contributed by atoms with Gasteiger partial charge < -0.3 is 10.5 Å². The van der Waals surface area contributed by atoms with E-state index in [1.54, 1.807) is 0 Å². The van der Waals surface area contributed by atoms with Crippen LogP contribution in [0.15, 0.2) is 0 Å². The first-order valence-electron chi connectivity index (χ1n) is 4.52. The van der Waals surface area contributed by atoms with Crippen molar-refractivity contribution in [1.82, 2.24) is 4.98 Å². The van der Waals surface area contributed by atoms with Gasteiger partial charge in [0.1, 0.15) is 0 Å². The number of rotatable bonds is 1. The average Bonchev–Trinajstić information content (AvgIpc) is 2.55. The van der Waals surface area contributed by atoms with E-state index in [2.05, 4.69) is 4.98 Å². The molecule has 0 fully saturated rings. The van der Waals surface area contributed by atoms with Crippen molar-refractivity contribution in [3.8, 4) is 0 Å². The summed E-state index contributed by atoms with van der Waals surface area (Å²) in [7, 11) is 1.43. The highest BCUT2D eigenvalue weighted by molar-refractivity contribution is 7.15. The zero-order chi connectivity index (χ0) is 10.1. The summed E-state index contributed by atoms with van der Waals surface area (Å²) in [5.41, 5.74) is 6.67. The number of nitrogens with zero attached hydrogens (tertiary/aromatic N) is 1. The van der Waals surface area contributed by atoms with Gasteiger partial charge in [0.2, 0.25) is 0 Å². The normalized spacial score (nSPS) is 20.2. The van der Waals surface area contributed by atoms with E-state index in [4.69, 9.17) is 10.5 Å². The summed E-state index contributed by atoms with van der Waals surface area (Å²) >= 11 is 1.48. The molecule has 1 aromatic heterocycles. The van der Waals surface area contributed by atoms with E-state index in [0.717, 1.165) is 29.8 Å². The smallest absolute Gasteiger partial charge is 0.309 e. The fourth-order valence-corrected chi connectivity index (χ4v) is 2.72. The Balaban J connectivity index is 2.16. The highest BCUT2D eigenvalue weighted by Crippen LogP contribution is 2.31. The summed E-state index contributed by atoms with van der Waals surface area (Å²) in [5.74, 6) is -0.130. The van der Waals surface area contributed by atoms with Crippen LogP contribution in [0.4, 0.5) is 5.13 Å². The average molecular weight is 212 g/mol. The molecule has 1 aromatic rings. The topological polar surface area (TPSA) is 65.2 Å². The number of ether oxygens (including phenoxy) is 1. The van der Waals surface area contributed by atoms with Gasteiger partial charge >= 0.3 is 5.97 Å². The third-order valence-electron chi connectivity index (χ3n) is 2.49. The highest BCUT2D eigenvalue weighted by Gasteiger charge is 2.27. The molecule has 14 heavy (non-hydrogen) atoms. The summed E-state index contributed by atoms with van der Waals surface area (Å²) in [5, 5.41) is 0.598. The lowest BCUT2D eigenvalue weighted by molar-refractivity contribution is -0.145. The fourth-order valence-electron chi connectivity index (χ4n) is 1.76. The quantitative estimate of drug-likeness (QED) is 0.705. The second-order valence-corrected chi connectivity index (χ2v) is 4.50. The Morgan fingerprint density at radius 3 is 3.21 bits per heavy atom. The number of fused-ring (bicyclic) bond motifs is 1. The van der Waals surface area contributed by atoms with Crippen LogP contribution in [0.5, 0.6) is 0 Å². The van der Waals surface area contributed by atoms with Gasteiger partial charge in [-0.1, -0.05) is 0 Å². The number of anilines is 1. The van der Waals surface area contributed by atoms with E-state index in [0.29, 0.717) is 5.13 Å². The minimum absolute atomic E-state index is 0.00708. The third-order valence-corrected chi connectivity index (χ3v) is 3.44. The van der Waals surface area contributed by atoms with Crippen LogP contribution >= 0.6 is 11.3 Å². The van der Waals surface area contributed by atoms with Crippen molar-refractivity contribution in [3.63, 3.8) is 0 Å². The molecule has 0 unspecified atom stereocenters. The highest BCUT2D eigenvalue weighted by atomic mass is 32.1. The molecule has 0 saturated carbocycles. The Hall–Kier alpha value is -1.10. The zero-order valence-corrected chi connectivity index (χ0v) is 8.76. The maximum Gasteiger partial charge on any atom is 0.309 e. The molecule has 0 saturated heterocycles. The molecular weight excluding hydrogens is 200 g/mol. The van der Waals surface area contributed by atoms with Crippen LogP contribution in [-0.2, 0) is 22.4 Å². The maximum absolute atomic E-state index is 11.3. The lowest BCUT2D eigenvalue weighted by atomic mass is 9.91. The molecule has 0 aliphatic heterocycles. The minimum Gasteiger partial charge on any atom is -0.469 e. The third kappa shape index (κ3) is 1.59. The molecule has 2 N–H and O–H groups in total. The van der Waals surface area contributed by atoms with Crippen molar-refractivity contribution in [1.29, 1.82) is 0 Å². The predicted octanol–water partition coefficient (Wildman–Crippen LogP) is 1.00. The van der Waals surface area contributed by atoms with Crippen LogP contribution < -0.4 is 5.73 Å². The van der Waals surface area contributed by atoms with Gasteiger partial charge in [-0.15, -0.1) is 11.3 Å². The number of aromatic nitrogens is 1. The number of nitrogens with two attached hydrogens (primary N) is 1. The Kier molecular flexibility index (Phi) is 2.41. The molecule has 0 amide bonds. The number of esters is 1. The van der Waals surface area contributed by atoms with Crippen LogP contribution in [0.25, 0.3) is 0 Å². The number of hydrogen-bond acceptors (Lipinski definition) is 5. The van der Waals surface area contributed by atoms with Gasteiger partial charge in [0.05, 0.1) is 18.7 Å². The SMILES string of the molecule is COC(=O)[C@H]1CCc2nc(N)sc2C1. The predicted molar refractivity (Wildman–Crippen MR) is 54.1 cm³/mol. The molecule has 0 radical (unpaired) electrons. The number of carbonyl (C=O) groups excluding carboxylic acids is 1. The number of carbonyl (C=O) groups is 1. The van der Waals surface area contributed by atoms with E-state index in [9.17, 15) is 4.79 Å². The molecule has 1 aliphatic rings. The van der Waals surface area contributed by atoms with Crippen molar-refractivity contribution in [2.45, 2.75) is 19.3 Å². The Labute approximate surface area is 86.1 Å². The molecule has 76 valence electrons. The number of hydrogen-bond donors (Lipinski definition) is 1. The molecule has 1 atom stereocenters. The van der Waals surface area contributed by atoms with E-state index in [1.807, 2.05) is 0 Å². The zero-order valence-electron chi connectivity index (χ0n) is 7.95. The van der Waals surface area contributed by atoms with E-state index in [-0.39, 0.29) is 11.9 Å². The number of methoxy groups -OCH3 is 1. The lowest BCUT2D eigenvalue weighted by Gasteiger charge is -2.18. The van der Waals surface area contributed by atoms with Crippen LogP contribution in [0, 0.1) is 5.92 Å².